The molecule has 2 aliphatic heterocycles. The molecule has 0 aromatic heterocycles. The number of benzene rings is 2. The highest BCUT2D eigenvalue weighted by Crippen LogP contribution is 2.36. The average Bonchev–Trinajstić information content (AvgIpc) is 2.96. The Morgan fingerprint density at radius 3 is 1.33 bits per heavy atom. The Morgan fingerprint density at radius 2 is 1.00 bits per heavy atom. The summed E-state index contributed by atoms with van der Waals surface area (Å²) < 4.78 is 11.3. The SMILES string of the molecule is O=C(NC1C(O)[C@H](S[C@@H]2OC(CO)[C@H](O)C(NC(=O)c3ccccc3)C2O)OC(CO)[C@@H]1O)c1ccccc1. The van der Waals surface area contributed by atoms with Gasteiger partial charge in [0.05, 0.1) is 25.3 Å². The van der Waals surface area contributed by atoms with E-state index < -0.39 is 84.6 Å². The summed E-state index contributed by atoms with van der Waals surface area (Å²) in [6.07, 6.45) is -8.35. The summed E-state index contributed by atoms with van der Waals surface area (Å²) >= 11 is 0.762. The number of rotatable bonds is 8. The molecule has 2 amide bonds. The quantitative estimate of drug-likeness (QED) is 0.180. The fraction of sp³-hybridized carbons (Fsp3) is 0.462. The van der Waals surface area contributed by atoms with Crippen LogP contribution >= 0.6 is 11.8 Å². The molecule has 39 heavy (non-hydrogen) atoms. The molecular formula is C26H32N2O10S. The first-order chi connectivity index (χ1) is 18.7. The van der Waals surface area contributed by atoms with Gasteiger partial charge in [0.2, 0.25) is 0 Å². The zero-order valence-corrected chi connectivity index (χ0v) is 21.5. The van der Waals surface area contributed by atoms with Crippen LogP contribution in [0.4, 0.5) is 0 Å². The molecule has 2 fully saturated rings. The molecule has 212 valence electrons. The van der Waals surface area contributed by atoms with Crippen LogP contribution in [0.15, 0.2) is 60.7 Å². The normalized spacial score (nSPS) is 34.7. The molecule has 4 rings (SSSR count). The van der Waals surface area contributed by atoms with Gasteiger partial charge in [-0.1, -0.05) is 48.2 Å². The average molecular weight is 565 g/mol. The minimum absolute atomic E-state index is 0.288. The van der Waals surface area contributed by atoms with Gasteiger partial charge in [-0.3, -0.25) is 9.59 Å². The van der Waals surface area contributed by atoms with Crippen molar-refractivity contribution in [1.29, 1.82) is 0 Å². The van der Waals surface area contributed by atoms with Crippen LogP contribution in [-0.4, -0.2) is 115 Å². The first-order valence-electron chi connectivity index (χ1n) is 12.4. The smallest absolute Gasteiger partial charge is 0.251 e. The third-order valence-corrected chi connectivity index (χ3v) is 8.02. The first-order valence-corrected chi connectivity index (χ1v) is 13.3. The summed E-state index contributed by atoms with van der Waals surface area (Å²) in [6.45, 7) is -1.27. The van der Waals surface area contributed by atoms with Crippen molar-refractivity contribution in [3.05, 3.63) is 71.8 Å². The molecule has 2 saturated heterocycles. The van der Waals surface area contributed by atoms with Crippen LogP contribution in [0.25, 0.3) is 0 Å². The van der Waals surface area contributed by atoms with Crippen molar-refractivity contribution in [3.63, 3.8) is 0 Å². The van der Waals surface area contributed by atoms with Crippen molar-refractivity contribution < 1.29 is 49.7 Å². The molecule has 2 aromatic carbocycles. The van der Waals surface area contributed by atoms with Gasteiger partial charge in [-0.25, -0.2) is 0 Å². The van der Waals surface area contributed by atoms with Gasteiger partial charge >= 0.3 is 0 Å². The molecule has 8 N–H and O–H groups in total. The molecule has 2 aliphatic rings. The molecule has 0 saturated carbocycles. The van der Waals surface area contributed by atoms with E-state index in [2.05, 4.69) is 10.6 Å². The maximum Gasteiger partial charge on any atom is 0.251 e. The second-order valence-electron chi connectivity index (χ2n) is 9.28. The fourth-order valence-corrected chi connectivity index (χ4v) is 5.86. The number of nitrogens with one attached hydrogen (secondary N) is 2. The molecule has 2 aromatic rings. The Morgan fingerprint density at radius 1 is 0.641 bits per heavy atom. The highest BCUT2D eigenvalue weighted by Gasteiger charge is 2.50. The molecule has 0 radical (unpaired) electrons. The maximum atomic E-state index is 12.7. The minimum Gasteiger partial charge on any atom is -0.394 e. The van der Waals surface area contributed by atoms with Gasteiger partial charge < -0.3 is 50.7 Å². The van der Waals surface area contributed by atoms with Crippen LogP contribution < -0.4 is 10.6 Å². The fourth-order valence-electron chi connectivity index (χ4n) is 4.52. The van der Waals surface area contributed by atoms with Crippen molar-refractivity contribution in [2.24, 2.45) is 0 Å². The van der Waals surface area contributed by atoms with E-state index in [9.17, 15) is 40.2 Å². The molecule has 0 aliphatic carbocycles. The summed E-state index contributed by atoms with van der Waals surface area (Å²) in [5.74, 6) is -1.13. The van der Waals surface area contributed by atoms with E-state index in [4.69, 9.17) is 9.47 Å². The predicted molar refractivity (Wildman–Crippen MR) is 139 cm³/mol. The summed E-state index contributed by atoms with van der Waals surface area (Å²) in [4.78, 5) is 25.4. The monoisotopic (exact) mass is 564 g/mol. The number of amides is 2. The molecule has 2 heterocycles. The minimum atomic E-state index is -1.52. The third kappa shape index (κ3) is 6.60. The summed E-state index contributed by atoms with van der Waals surface area (Å²) in [7, 11) is 0. The second kappa shape index (κ2) is 13.2. The predicted octanol–water partition coefficient (Wildman–Crippen LogP) is -1.81. The number of ether oxygens (including phenoxy) is 2. The van der Waals surface area contributed by atoms with E-state index >= 15 is 0 Å². The number of aliphatic hydroxyl groups excluding tert-OH is 6. The van der Waals surface area contributed by atoms with Crippen molar-refractivity contribution in [2.75, 3.05) is 13.2 Å². The lowest BCUT2D eigenvalue weighted by atomic mass is 9.96. The van der Waals surface area contributed by atoms with Crippen molar-refractivity contribution >= 4 is 23.6 Å². The largest absolute Gasteiger partial charge is 0.394 e. The van der Waals surface area contributed by atoms with Crippen LogP contribution in [-0.2, 0) is 9.47 Å². The summed E-state index contributed by atoms with van der Waals surface area (Å²) in [5, 5.41) is 68.1. The number of carbonyl (C=O) groups is 2. The molecule has 13 heteroatoms. The van der Waals surface area contributed by atoms with Gasteiger partial charge in [0.15, 0.2) is 0 Å². The van der Waals surface area contributed by atoms with Crippen LogP contribution in [0, 0.1) is 0 Å². The number of aliphatic hydroxyl groups is 6. The van der Waals surface area contributed by atoms with Crippen molar-refractivity contribution in [1.82, 2.24) is 10.6 Å². The Labute approximate surface area is 228 Å². The van der Waals surface area contributed by atoms with E-state index in [1.165, 1.54) is 0 Å². The topological polar surface area (TPSA) is 198 Å². The Balaban J connectivity index is 1.51. The Hall–Kier alpha value is -2.59. The van der Waals surface area contributed by atoms with Crippen LogP contribution in [0.2, 0.25) is 0 Å². The standard InChI is InChI=1S/C26H32N2O10S/c29-11-15-19(31)17(27-23(35)13-7-3-1-4-8-13)21(33)25(37-15)39-26-22(34)18(20(32)16(12-30)38-26)28-24(36)14-9-5-2-6-10-14/h1-10,15-22,25-26,29-34H,11-12H2,(H,27,35)(H,28,36)/t15?,16?,17?,18?,19-,20-,21?,22?,25-,26-/m0/s1. The molecule has 6 unspecified atom stereocenters. The van der Waals surface area contributed by atoms with Crippen LogP contribution in [0.3, 0.4) is 0 Å². The summed E-state index contributed by atoms with van der Waals surface area (Å²) in [5.41, 5.74) is -1.88. The first kappa shape index (κ1) is 29.4. The number of hydrogen-bond acceptors (Lipinski definition) is 11. The van der Waals surface area contributed by atoms with Gasteiger partial charge in [0.25, 0.3) is 11.8 Å². The highest BCUT2D eigenvalue weighted by molar-refractivity contribution is 8.00. The van der Waals surface area contributed by atoms with Gasteiger partial charge in [-0.05, 0) is 24.3 Å². The number of thioether (sulfide) groups is 1. The van der Waals surface area contributed by atoms with Crippen molar-refractivity contribution in [2.45, 2.75) is 59.6 Å². The van der Waals surface area contributed by atoms with E-state index in [-0.39, 0.29) is 11.1 Å². The second-order valence-corrected chi connectivity index (χ2v) is 10.5. The van der Waals surface area contributed by atoms with Gasteiger partial charge in [-0.2, -0.15) is 0 Å². The van der Waals surface area contributed by atoms with Crippen LogP contribution in [0.1, 0.15) is 20.7 Å². The number of hydrogen-bond donors (Lipinski definition) is 8. The molecule has 0 spiro atoms. The lowest BCUT2D eigenvalue weighted by Gasteiger charge is -2.46. The summed E-state index contributed by atoms with van der Waals surface area (Å²) in [6, 6.07) is 13.8. The molecule has 10 atom stereocenters. The Kier molecular flexibility index (Phi) is 9.93. The number of carbonyl (C=O) groups excluding carboxylic acids is 2. The van der Waals surface area contributed by atoms with E-state index in [0.29, 0.717) is 0 Å². The van der Waals surface area contributed by atoms with Gasteiger partial charge in [-0.15, -0.1) is 0 Å². The lowest BCUT2D eigenvalue weighted by molar-refractivity contribution is -0.175. The zero-order chi connectivity index (χ0) is 28.1. The van der Waals surface area contributed by atoms with Gasteiger partial charge in [0, 0.05) is 11.1 Å². The molecule has 12 nitrogen and oxygen atoms in total. The van der Waals surface area contributed by atoms with E-state index in [1.54, 1.807) is 60.7 Å². The van der Waals surface area contributed by atoms with E-state index in [1.807, 2.05) is 0 Å². The maximum absolute atomic E-state index is 12.7. The lowest BCUT2D eigenvalue weighted by Crippen LogP contribution is -2.66. The molecular weight excluding hydrogens is 532 g/mol. The van der Waals surface area contributed by atoms with E-state index in [0.717, 1.165) is 11.8 Å². The molecule has 0 bridgehead atoms. The van der Waals surface area contributed by atoms with Crippen LogP contribution in [0.5, 0.6) is 0 Å². The Bertz CT molecular complexity index is 1010. The van der Waals surface area contributed by atoms with Crippen molar-refractivity contribution in [3.8, 4) is 0 Å². The van der Waals surface area contributed by atoms with Gasteiger partial charge in [0.1, 0.15) is 47.5 Å². The highest BCUT2D eigenvalue weighted by atomic mass is 32.2. The third-order valence-electron chi connectivity index (χ3n) is 6.70. The zero-order valence-electron chi connectivity index (χ0n) is 20.7.